The Hall–Kier alpha value is -1.45. The Kier molecular flexibility index (Phi) is 5.31. The molecule has 1 N–H and O–H groups in total. The number of nitrogens with zero attached hydrogens (tertiary/aromatic N) is 1. The summed E-state index contributed by atoms with van der Waals surface area (Å²) >= 11 is 5.71. The maximum atomic E-state index is 5.71. The van der Waals surface area contributed by atoms with Gasteiger partial charge in [0.25, 0.3) is 0 Å². The van der Waals surface area contributed by atoms with E-state index < -0.39 is 0 Å². The van der Waals surface area contributed by atoms with Gasteiger partial charge in [0.15, 0.2) is 5.22 Å². The highest BCUT2D eigenvalue weighted by Crippen LogP contribution is 2.13. The van der Waals surface area contributed by atoms with Crippen molar-refractivity contribution in [3.63, 3.8) is 0 Å². The van der Waals surface area contributed by atoms with Crippen molar-refractivity contribution < 1.29 is 4.42 Å². The molecule has 19 heavy (non-hydrogen) atoms. The van der Waals surface area contributed by atoms with E-state index >= 15 is 0 Å². The van der Waals surface area contributed by atoms with E-state index in [0.29, 0.717) is 5.22 Å². The number of rotatable bonds is 7. The number of benzene rings is 1. The molecule has 3 nitrogen and oxygen atoms in total. The molecule has 1 heterocycles. The van der Waals surface area contributed by atoms with Gasteiger partial charge in [0.1, 0.15) is 5.76 Å². The van der Waals surface area contributed by atoms with Gasteiger partial charge in [-0.05, 0) is 48.8 Å². The number of nitrogens with one attached hydrogen (secondary N) is 1. The summed E-state index contributed by atoms with van der Waals surface area (Å²) in [6.45, 7) is 2.70. The van der Waals surface area contributed by atoms with Crippen LogP contribution in [0.3, 0.4) is 0 Å². The zero-order valence-electron chi connectivity index (χ0n) is 11.1. The Bertz CT molecular complexity index is 484. The van der Waals surface area contributed by atoms with Crippen LogP contribution in [-0.4, -0.2) is 20.1 Å². The van der Waals surface area contributed by atoms with Crippen LogP contribution < -0.4 is 10.2 Å². The van der Waals surface area contributed by atoms with Gasteiger partial charge in [-0.15, -0.1) is 0 Å². The van der Waals surface area contributed by atoms with Crippen LogP contribution in [-0.2, 0) is 6.54 Å². The van der Waals surface area contributed by atoms with Crippen LogP contribution in [0.25, 0.3) is 0 Å². The topological polar surface area (TPSA) is 28.4 Å². The largest absolute Gasteiger partial charge is 0.448 e. The zero-order chi connectivity index (χ0) is 13.5. The Morgan fingerprint density at radius 2 is 1.95 bits per heavy atom. The molecule has 0 unspecified atom stereocenters. The molecule has 0 saturated carbocycles. The highest BCUT2D eigenvalue weighted by atomic mass is 35.5. The molecule has 0 saturated heterocycles. The first-order valence-corrected chi connectivity index (χ1v) is 6.84. The Labute approximate surface area is 119 Å². The second kappa shape index (κ2) is 7.22. The van der Waals surface area contributed by atoms with Crippen LogP contribution >= 0.6 is 11.6 Å². The van der Waals surface area contributed by atoms with Crippen LogP contribution in [0.4, 0.5) is 5.69 Å². The number of furan rings is 1. The monoisotopic (exact) mass is 278 g/mol. The van der Waals surface area contributed by atoms with E-state index in [1.165, 1.54) is 5.69 Å². The summed E-state index contributed by atoms with van der Waals surface area (Å²) in [5.74, 6) is 0.876. The first-order chi connectivity index (χ1) is 9.25. The zero-order valence-corrected chi connectivity index (χ0v) is 11.9. The first-order valence-electron chi connectivity index (χ1n) is 6.47. The Morgan fingerprint density at radius 1 is 1.16 bits per heavy atom. The molecular formula is C15H19ClN2O. The van der Waals surface area contributed by atoms with Crippen LogP contribution in [0, 0.1) is 0 Å². The summed E-state index contributed by atoms with van der Waals surface area (Å²) in [6, 6.07) is 14.1. The third kappa shape index (κ3) is 4.62. The summed E-state index contributed by atoms with van der Waals surface area (Å²) in [7, 11) is 2.11. The van der Waals surface area contributed by atoms with Crippen LogP contribution in [0.2, 0.25) is 5.22 Å². The summed E-state index contributed by atoms with van der Waals surface area (Å²) < 4.78 is 5.27. The fourth-order valence-corrected chi connectivity index (χ4v) is 2.07. The third-order valence-corrected chi connectivity index (χ3v) is 3.18. The van der Waals surface area contributed by atoms with Gasteiger partial charge in [-0.2, -0.15) is 0 Å². The van der Waals surface area contributed by atoms with Crippen molar-refractivity contribution in [3.05, 3.63) is 53.4 Å². The van der Waals surface area contributed by atoms with Crippen molar-refractivity contribution >= 4 is 17.3 Å². The van der Waals surface area contributed by atoms with Crippen LogP contribution in [0.15, 0.2) is 46.9 Å². The van der Waals surface area contributed by atoms with Gasteiger partial charge in [0, 0.05) is 19.3 Å². The SMILES string of the molecule is CN(CCCNCc1ccc(Cl)o1)c1ccccc1. The molecule has 2 rings (SSSR count). The number of hydrogen-bond acceptors (Lipinski definition) is 3. The molecular weight excluding hydrogens is 260 g/mol. The van der Waals surface area contributed by atoms with Crippen molar-refractivity contribution in [1.82, 2.24) is 5.32 Å². The Morgan fingerprint density at radius 3 is 2.63 bits per heavy atom. The quantitative estimate of drug-likeness (QED) is 0.785. The molecule has 0 spiro atoms. The molecule has 0 aliphatic carbocycles. The molecule has 1 aromatic carbocycles. The average Bonchev–Trinajstić information content (AvgIpc) is 2.85. The molecule has 0 aliphatic rings. The minimum Gasteiger partial charge on any atom is -0.448 e. The molecule has 0 amide bonds. The summed E-state index contributed by atoms with van der Waals surface area (Å²) in [5, 5.41) is 3.79. The lowest BCUT2D eigenvalue weighted by molar-refractivity contribution is 0.483. The molecule has 4 heteroatoms. The van der Waals surface area contributed by atoms with Crippen molar-refractivity contribution in [3.8, 4) is 0 Å². The minimum atomic E-state index is 0.445. The summed E-state index contributed by atoms with van der Waals surface area (Å²) in [6.07, 6.45) is 1.08. The second-order valence-electron chi connectivity index (χ2n) is 4.49. The van der Waals surface area contributed by atoms with Crippen molar-refractivity contribution in [2.24, 2.45) is 0 Å². The van der Waals surface area contributed by atoms with Gasteiger partial charge >= 0.3 is 0 Å². The molecule has 0 bridgehead atoms. The smallest absolute Gasteiger partial charge is 0.193 e. The molecule has 102 valence electrons. The molecule has 2 aromatic rings. The molecule has 0 aliphatic heterocycles. The lowest BCUT2D eigenvalue weighted by Gasteiger charge is -2.19. The second-order valence-corrected chi connectivity index (χ2v) is 4.87. The van der Waals surface area contributed by atoms with E-state index in [2.05, 4.69) is 41.5 Å². The van der Waals surface area contributed by atoms with Gasteiger partial charge < -0.3 is 14.6 Å². The van der Waals surface area contributed by atoms with E-state index in [4.69, 9.17) is 16.0 Å². The maximum absolute atomic E-state index is 5.71. The van der Waals surface area contributed by atoms with E-state index in [-0.39, 0.29) is 0 Å². The minimum absolute atomic E-state index is 0.445. The van der Waals surface area contributed by atoms with Crippen molar-refractivity contribution in [1.29, 1.82) is 0 Å². The highest BCUT2D eigenvalue weighted by Gasteiger charge is 2.00. The predicted octanol–water partition coefficient (Wildman–Crippen LogP) is 3.55. The lowest BCUT2D eigenvalue weighted by atomic mass is 10.3. The number of anilines is 1. The fourth-order valence-electron chi connectivity index (χ4n) is 1.91. The summed E-state index contributed by atoms with van der Waals surface area (Å²) in [4.78, 5) is 2.26. The number of halogens is 1. The van der Waals surface area contributed by atoms with E-state index in [1.54, 1.807) is 6.07 Å². The highest BCUT2D eigenvalue weighted by molar-refractivity contribution is 6.28. The molecule has 0 radical (unpaired) electrons. The molecule has 0 atom stereocenters. The van der Waals surface area contributed by atoms with Gasteiger partial charge in [0.2, 0.25) is 0 Å². The van der Waals surface area contributed by atoms with Gasteiger partial charge in [0.05, 0.1) is 6.54 Å². The fraction of sp³-hybridized carbons (Fsp3) is 0.333. The Balaban J connectivity index is 1.62. The normalized spacial score (nSPS) is 10.6. The third-order valence-electron chi connectivity index (χ3n) is 2.97. The van der Waals surface area contributed by atoms with Gasteiger partial charge in [-0.25, -0.2) is 0 Å². The van der Waals surface area contributed by atoms with E-state index in [1.807, 2.05) is 12.1 Å². The van der Waals surface area contributed by atoms with Gasteiger partial charge in [-0.3, -0.25) is 0 Å². The summed E-state index contributed by atoms with van der Waals surface area (Å²) in [5.41, 5.74) is 1.25. The van der Waals surface area contributed by atoms with E-state index in [0.717, 1.165) is 31.8 Å². The predicted molar refractivity (Wildman–Crippen MR) is 79.8 cm³/mol. The average molecular weight is 279 g/mol. The lowest BCUT2D eigenvalue weighted by Crippen LogP contribution is -2.23. The van der Waals surface area contributed by atoms with Crippen molar-refractivity contribution in [2.45, 2.75) is 13.0 Å². The van der Waals surface area contributed by atoms with Gasteiger partial charge in [-0.1, -0.05) is 18.2 Å². The maximum Gasteiger partial charge on any atom is 0.193 e. The van der Waals surface area contributed by atoms with Crippen LogP contribution in [0.5, 0.6) is 0 Å². The number of para-hydroxylation sites is 1. The standard InChI is InChI=1S/C15H19ClN2O/c1-18(13-6-3-2-4-7-13)11-5-10-17-12-14-8-9-15(16)19-14/h2-4,6-9,17H,5,10-12H2,1H3. The van der Waals surface area contributed by atoms with Crippen LogP contribution in [0.1, 0.15) is 12.2 Å². The molecule has 0 fully saturated rings. The molecule has 1 aromatic heterocycles. The van der Waals surface area contributed by atoms with Crippen molar-refractivity contribution in [2.75, 3.05) is 25.0 Å². The van der Waals surface area contributed by atoms with E-state index in [9.17, 15) is 0 Å². The first kappa shape index (κ1) is 14.0. The number of hydrogen-bond donors (Lipinski definition) is 1.